The molecule has 1 aliphatic heterocycles. The first-order chi connectivity index (χ1) is 15.4. The maximum atomic E-state index is 12.9. The van der Waals surface area contributed by atoms with Gasteiger partial charge in [0.25, 0.3) is 5.91 Å². The molecule has 0 atom stereocenters. The molecule has 4 rings (SSSR count). The standard InChI is InChI=1S/C25H27N5O2/c1-16(2)19-8-10-29(11-9-19)24(31)20-5-7-23(27-14-20)30-25(32)22(15-28-30)21-6-4-18(13-26)12-17(21)3/h4-7,12,14-16,19,32H,8-11H2,1-3H3. The predicted molar refractivity (Wildman–Crippen MR) is 121 cm³/mol. The Bertz CT molecular complexity index is 1170. The van der Waals surface area contributed by atoms with Gasteiger partial charge in [-0.05, 0) is 67.0 Å². The minimum atomic E-state index is -0.0415. The lowest BCUT2D eigenvalue weighted by atomic mass is 9.86. The second-order valence-electron chi connectivity index (χ2n) is 8.71. The topological polar surface area (TPSA) is 95.0 Å². The molecule has 0 spiro atoms. The van der Waals surface area contributed by atoms with Gasteiger partial charge in [-0.3, -0.25) is 4.79 Å². The number of benzene rings is 1. The third kappa shape index (κ3) is 4.09. The maximum absolute atomic E-state index is 12.9. The summed E-state index contributed by atoms with van der Waals surface area (Å²) in [6, 6.07) is 10.8. The fourth-order valence-electron chi connectivity index (χ4n) is 4.32. The number of nitrogens with zero attached hydrogens (tertiary/aromatic N) is 5. The fourth-order valence-corrected chi connectivity index (χ4v) is 4.32. The van der Waals surface area contributed by atoms with Crippen LogP contribution >= 0.6 is 0 Å². The second-order valence-corrected chi connectivity index (χ2v) is 8.71. The molecule has 2 aromatic heterocycles. The van der Waals surface area contributed by atoms with Gasteiger partial charge in [-0.2, -0.15) is 15.0 Å². The Labute approximate surface area is 187 Å². The van der Waals surface area contributed by atoms with Gasteiger partial charge in [0, 0.05) is 19.3 Å². The molecular weight excluding hydrogens is 402 g/mol. The molecule has 0 saturated carbocycles. The normalized spacial score (nSPS) is 14.5. The Hall–Kier alpha value is -3.66. The molecule has 0 aliphatic carbocycles. The lowest BCUT2D eigenvalue weighted by Crippen LogP contribution is -2.39. The molecule has 3 aromatic rings. The number of carbonyl (C=O) groups is 1. The van der Waals surface area contributed by atoms with E-state index in [9.17, 15) is 9.90 Å². The first-order valence-electron chi connectivity index (χ1n) is 10.9. The highest BCUT2D eigenvalue weighted by Crippen LogP contribution is 2.33. The van der Waals surface area contributed by atoms with E-state index in [4.69, 9.17) is 5.26 Å². The van der Waals surface area contributed by atoms with Crippen LogP contribution in [-0.2, 0) is 0 Å². The molecule has 0 bridgehead atoms. The summed E-state index contributed by atoms with van der Waals surface area (Å²) >= 11 is 0. The minimum Gasteiger partial charge on any atom is -0.493 e. The number of pyridine rings is 1. The third-order valence-corrected chi connectivity index (χ3v) is 6.37. The molecule has 1 amide bonds. The van der Waals surface area contributed by atoms with E-state index < -0.39 is 0 Å². The molecule has 7 nitrogen and oxygen atoms in total. The number of rotatable bonds is 4. The van der Waals surface area contributed by atoms with E-state index in [0.29, 0.717) is 34.3 Å². The lowest BCUT2D eigenvalue weighted by molar-refractivity contribution is 0.0667. The molecule has 1 aliphatic rings. The molecular formula is C25H27N5O2. The SMILES string of the molecule is Cc1cc(C#N)ccc1-c1cnn(-c2ccc(C(=O)N3CCC(C(C)C)CC3)cn2)c1O. The Morgan fingerprint density at radius 2 is 1.91 bits per heavy atom. The molecule has 32 heavy (non-hydrogen) atoms. The summed E-state index contributed by atoms with van der Waals surface area (Å²) < 4.78 is 1.34. The molecule has 1 fully saturated rings. The Balaban J connectivity index is 1.52. The molecule has 1 N–H and O–H groups in total. The van der Waals surface area contributed by atoms with Gasteiger partial charge in [0.15, 0.2) is 5.82 Å². The van der Waals surface area contributed by atoms with Gasteiger partial charge in [-0.25, -0.2) is 4.98 Å². The van der Waals surface area contributed by atoms with Gasteiger partial charge >= 0.3 is 0 Å². The molecule has 7 heteroatoms. The number of piperidine rings is 1. The number of hydrogen-bond donors (Lipinski definition) is 1. The van der Waals surface area contributed by atoms with Gasteiger partial charge in [-0.1, -0.05) is 19.9 Å². The summed E-state index contributed by atoms with van der Waals surface area (Å²) in [5.74, 6) is 1.70. The van der Waals surface area contributed by atoms with E-state index in [1.165, 1.54) is 4.68 Å². The van der Waals surface area contributed by atoms with Crippen molar-refractivity contribution in [2.24, 2.45) is 11.8 Å². The summed E-state index contributed by atoms with van der Waals surface area (Å²) in [6.45, 7) is 7.91. The number of hydrogen-bond acceptors (Lipinski definition) is 5. The van der Waals surface area contributed by atoms with Crippen molar-refractivity contribution >= 4 is 5.91 Å². The van der Waals surface area contributed by atoms with Crippen molar-refractivity contribution in [1.29, 1.82) is 5.26 Å². The number of aryl methyl sites for hydroxylation is 1. The summed E-state index contributed by atoms with van der Waals surface area (Å²) in [4.78, 5) is 19.1. The summed E-state index contributed by atoms with van der Waals surface area (Å²) in [7, 11) is 0. The van der Waals surface area contributed by atoms with E-state index in [1.807, 2.05) is 11.8 Å². The maximum Gasteiger partial charge on any atom is 0.255 e. The Kier molecular flexibility index (Phi) is 5.95. The number of aromatic nitrogens is 3. The highest BCUT2D eigenvalue weighted by molar-refractivity contribution is 5.94. The zero-order chi connectivity index (χ0) is 22.8. The summed E-state index contributed by atoms with van der Waals surface area (Å²) in [6.07, 6.45) is 5.19. The first kappa shape index (κ1) is 21.6. The molecule has 3 heterocycles. The van der Waals surface area contributed by atoms with Crippen molar-refractivity contribution in [3.63, 3.8) is 0 Å². The average Bonchev–Trinajstić information content (AvgIpc) is 3.19. The van der Waals surface area contributed by atoms with Crippen LogP contribution < -0.4 is 0 Å². The number of carbonyl (C=O) groups excluding carboxylic acids is 1. The molecule has 1 saturated heterocycles. The van der Waals surface area contributed by atoms with Crippen LogP contribution in [0.3, 0.4) is 0 Å². The highest BCUT2D eigenvalue weighted by Gasteiger charge is 2.25. The monoisotopic (exact) mass is 429 g/mol. The minimum absolute atomic E-state index is 0.00941. The van der Waals surface area contributed by atoms with E-state index in [0.717, 1.165) is 37.1 Å². The van der Waals surface area contributed by atoms with Gasteiger partial charge in [0.1, 0.15) is 0 Å². The number of likely N-dealkylation sites (tertiary alicyclic amines) is 1. The van der Waals surface area contributed by atoms with Crippen molar-refractivity contribution in [3.05, 3.63) is 59.4 Å². The van der Waals surface area contributed by atoms with E-state index in [1.54, 1.807) is 42.7 Å². The van der Waals surface area contributed by atoms with E-state index >= 15 is 0 Å². The fraction of sp³-hybridized carbons (Fsp3) is 0.360. The molecule has 164 valence electrons. The highest BCUT2D eigenvalue weighted by atomic mass is 16.3. The molecule has 0 radical (unpaired) electrons. The number of nitriles is 1. The van der Waals surface area contributed by atoms with Crippen LogP contribution in [0.2, 0.25) is 0 Å². The van der Waals surface area contributed by atoms with E-state index in [2.05, 4.69) is 30.0 Å². The van der Waals surface area contributed by atoms with Gasteiger partial charge in [-0.15, -0.1) is 0 Å². The molecule has 0 unspecified atom stereocenters. The van der Waals surface area contributed by atoms with Crippen molar-refractivity contribution in [2.75, 3.05) is 13.1 Å². The average molecular weight is 430 g/mol. The third-order valence-electron chi connectivity index (χ3n) is 6.37. The van der Waals surface area contributed by atoms with Crippen molar-refractivity contribution < 1.29 is 9.90 Å². The van der Waals surface area contributed by atoms with Crippen LogP contribution in [0.25, 0.3) is 16.9 Å². The van der Waals surface area contributed by atoms with Gasteiger partial charge < -0.3 is 10.0 Å². The van der Waals surface area contributed by atoms with Crippen molar-refractivity contribution in [1.82, 2.24) is 19.7 Å². The second kappa shape index (κ2) is 8.83. The van der Waals surface area contributed by atoms with Gasteiger partial charge in [0.05, 0.1) is 29.0 Å². The Morgan fingerprint density at radius 1 is 1.16 bits per heavy atom. The van der Waals surface area contributed by atoms with Gasteiger partial charge in [0.2, 0.25) is 5.88 Å². The Morgan fingerprint density at radius 3 is 2.50 bits per heavy atom. The van der Waals surface area contributed by atoms with Crippen LogP contribution in [0.15, 0.2) is 42.7 Å². The zero-order valence-corrected chi connectivity index (χ0v) is 18.6. The van der Waals surface area contributed by atoms with Crippen LogP contribution in [-0.4, -0.2) is 43.8 Å². The van der Waals surface area contributed by atoms with Crippen LogP contribution in [0.1, 0.15) is 48.2 Å². The number of aromatic hydroxyl groups is 1. The number of amides is 1. The summed E-state index contributed by atoms with van der Waals surface area (Å²) in [5, 5.41) is 24.1. The van der Waals surface area contributed by atoms with Crippen molar-refractivity contribution in [3.8, 4) is 28.9 Å². The van der Waals surface area contributed by atoms with Crippen LogP contribution in [0.5, 0.6) is 5.88 Å². The van der Waals surface area contributed by atoms with E-state index in [-0.39, 0.29) is 11.8 Å². The molecule has 1 aromatic carbocycles. The lowest BCUT2D eigenvalue weighted by Gasteiger charge is -2.33. The first-order valence-corrected chi connectivity index (χ1v) is 10.9. The summed E-state index contributed by atoms with van der Waals surface area (Å²) in [5.41, 5.74) is 3.32. The van der Waals surface area contributed by atoms with Crippen LogP contribution in [0, 0.1) is 30.1 Å². The largest absolute Gasteiger partial charge is 0.493 e. The van der Waals surface area contributed by atoms with Crippen LogP contribution in [0.4, 0.5) is 0 Å². The quantitative estimate of drug-likeness (QED) is 0.666. The zero-order valence-electron chi connectivity index (χ0n) is 18.6. The van der Waals surface area contributed by atoms with Crippen molar-refractivity contribution in [2.45, 2.75) is 33.6 Å². The predicted octanol–water partition coefficient (Wildman–Crippen LogP) is 4.33. The smallest absolute Gasteiger partial charge is 0.255 e.